The molecule has 6 rings (SSSR count). The van der Waals surface area contributed by atoms with Gasteiger partial charge in [-0.05, 0) is 112 Å². The normalized spacial score (nSPS) is 25.9. The van der Waals surface area contributed by atoms with Crippen molar-refractivity contribution >= 4 is 0 Å². The van der Waals surface area contributed by atoms with Crippen LogP contribution in [0, 0.1) is 17.0 Å². The Morgan fingerprint density at radius 2 is 1.67 bits per heavy atom. The molecule has 0 amide bonds. The maximum absolute atomic E-state index is 16.0. The minimum Gasteiger partial charge on any atom is -0.490 e. The second-order valence-electron chi connectivity index (χ2n) is 13.3. The predicted molar refractivity (Wildman–Crippen MR) is 168 cm³/mol. The van der Waals surface area contributed by atoms with Crippen LogP contribution in [0.2, 0.25) is 0 Å². The molecule has 1 aliphatic carbocycles. The van der Waals surface area contributed by atoms with Crippen molar-refractivity contribution in [3.63, 3.8) is 0 Å². The number of halogens is 4. The largest absolute Gasteiger partial charge is 0.490 e. The Hall–Kier alpha value is -3.10. The van der Waals surface area contributed by atoms with E-state index in [1.165, 1.54) is 29.9 Å². The number of ether oxygens (including phenoxy) is 2. The Morgan fingerprint density at radius 3 is 2.44 bits per heavy atom. The smallest absolute Gasteiger partial charge is 0.251 e. The molecule has 1 spiro atoms. The predicted octanol–water partition coefficient (Wildman–Crippen LogP) is 8.62. The highest BCUT2D eigenvalue weighted by Crippen LogP contribution is 2.45. The van der Waals surface area contributed by atoms with Crippen LogP contribution in [0.5, 0.6) is 11.5 Å². The van der Waals surface area contributed by atoms with Crippen LogP contribution in [-0.4, -0.2) is 43.1 Å². The third kappa shape index (κ3) is 7.49. The highest BCUT2D eigenvalue weighted by atomic mass is 19.3. The first-order valence-corrected chi connectivity index (χ1v) is 16.5. The zero-order valence-corrected chi connectivity index (χ0v) is 26.1. The monoisotopic (exact) mass is 624 g/mol. The first kappa shape index (κ1) is 31.9. The lowest BCUT2D eigenvalue weighted by molar-refractivity contribution is 0.0444. The number of nitrogens with zero attached hydrogens (tertiary/aromatic N) is 1. The molecule has 45 heavy (non-hydrogen) atoms. The van der Waals surface area contributed by atoms with E-state index < -0.39 is 30.6 Å². The minimum atomic E-state index is -2.65. The van der Waals surface area contributed by atoms with E-state index in [1.807, 2.05) is 43.3 Å². The summed E-state index contributed by atoms with van der Waals surface area (Å²) in [6, 6.07) is 16.3. The summed E-state index contributed by atoms with van der Waals surface area (Å²) in [7, 11) is 0. The minimum absolute atomic E-state index is 0.106. The van der Waals surface area contributed by atoms with E-state index in [0.29, 0.717) is 29.8 Å². The van der Waals surface area contributed by atoms with Crippen molar-refractivity contribution in [2.45, 2.75) is 95.9 Å². The summed E-state index contributed by atoms with van der Waals surface area (Å²) < 4.78 is 71.9. The van der Waals surface area contributed by atoms with Crippen molar-refractivity contribution in [2.24, 2.45) is 5.41 Å². The van der Waals surface area contributed by atoms with Gasteiger partial charge in [0.1, 0.15) is 29.7 Å². The molecule has 3 aromatic carbocycles. The van der Waals surface area contributed by atoms with Crippen LogP contribution in [0.25, 0.3) is 0 Å². The lowest BCUT2D eigenvalue weighted by atomic mass is 9.74. The number of benzene rings is 3. The standard InChI is InChI=1S/C37H44F4N2O2/c1-25-19-27-20-29(44-24-26-7-3-2-4-8-26)10-11-31(27)36(43(25)23-34(40)41)35-32(38)21-30(22-33(35)39)45-28-9-5-13-37(15-12-28)14-6-17-42-18-16-37/h2-4,7-8,10-11,20-22,25,28,34,36,42H,5-6,9,12-19,23-24H2,1H3/t25-,28?,36?,37?/m1/s1. The van der Waals surface area contributed by atoms with Crippen LogP contribution >= 0.6 is 0 Å². The Labute approximate surface area is 264 Å². The lowest BCUT2D eigenvalue weighted by Gasteiger charge is -2.42. The molecule has 2 heterocycles. The van der Waals surface area contributed by atoms with Gasteiger partial charge in [0.05, 0.1) is 18.7 Å². The zero-order chi connectivity index (χ0) is 31.4. The number of fused-ring (bicyclic) bond motifs is 1. The lowest BCUT2D eigenvalue weighted by Crippen LogP contribution is -2.45. The Bertz CT molecular complexity index is 1400. The molecule has 242 valence electrons. The molecule has 3 aromatic rings. The van der Waals surface area contributed by atoms with Crippen LogP contribution in [0.3, 0.4) is 0 Å². The molecule has 1 N–H and O–H groups in total. The molecule has 2 fully saturated rings. The van der Waals surface area contributed by atoms with Gasteiger partial charge in [0.15, 0.2) is 0 Å². The molecule has 4 nitrogen and oxygen atoms in total. The van der Waals surface area contributed by atoms with E-state index in [4.69, 9.17) is 9.47 Å². The van der Waals surface area contributed by atoms with Crippen molar-refractivity contribution in [2.75, 3.05) is 19.6 Å². The summed E-state index contributed by atoms with van der Waals surface area (Å²) in [4.78, 5) is 1.52. The number of hydrogen-bond donors (Lipinski definition) is 1. The van der Waals surface area contributed by atoms with Crippen molar-refractivity contribution in [1.82, 2.24) is 10.2 Å². The molecule has 1 saturated heterocycles. The highest BCUT2D eigenvalue weighted by Gasteiger charge is 2.39. The number of rotatable bonds is 8. The second-order valence-corrected chi connectivity index (χ2v) is 13.3. The van der Waals surface area contributed by atoms with E-state index in [0.717, 1.165) is 62.7 Å². The maximum atomic E-state index is 16.0. The second kappa shape index (κ2) is 14.1. The van der Waals surface area contributed by atoms with Crippen LogP contribution in [0.15, 0.2) is 60.7 Å². The fourth-order valence-corrected chi connectivity index (χ4v) is 7.82. The van der Waals surface area contributed by atoms with Crippen LogP contribution < -0.4 is 14.8 Å². The Morgan fingerprint density at radius 1 is 0.889 bits per heavy atom. The van der Waals surface area contributed by atoms with E-state index in [2.05, 4.69) is 5.32 Å². The fraction of sp³-hybridized carbons (Fsp3) is 0.514. The molecule has 2 aliphatic heterocycles. The average molecular weight is 625 g/mol. The van der Waals surface area contributed by atoms with Crippen molar-refractivity contribution in [3.8, 4) is 11.5 Å². The summed E-state index contributed by atoms with van der Waals surface area (Å²) in [5.74, 6) is -0.774. The molecule has 1 saturated carbocycles. The molecular formula is C37H44F4N2O2. The Kier molecular flexibility index (Phi) is 10.0. The van der Waals surface area contributed by atoms with Gasteiger partial charge in [-0.25, -0.2) is 17.6 Å². The maximum Gasteiger partial charge on any atom is 0.251 e. The molecule has 0 aromatic heterocycles. The SMILES string of the molecule is C[C@@H]1Cc2cc(OCc3ccccc3)ccc2C(c2c(F)cc(OC3CCCC4(CCCNCC4)CC3)cc2F)N1CC(F)F. The van der Waals surface area contributed by atoms with Crippen LogP contribution in [0.4, 0.5) is 17.6 Å². The third-order valence-electron chi connectivity index (χ3n) is 10.2. The first-order valence-electron chi connectivity index (χ1n) is 16.5. The van der Waals surface area contributed by atoms with Gasteiger partial charge in [-0.2, -0.15) is 0 Å². The average Bonchev–Trinajstić information content (AvgIpc) is 3.37. The van der Waals surface area contributed by atoms with Crippen LogP contribution in [0.1, 0.15) is 86.6 Å². The van der Waals surface area contributed by atoms with Gasteiger partial charge >= 0.3 is 0 Å². The summed E-state index contributed by atoms with van der Waals surface area (Å²) in [6.07, 6.45) is 6.21. The summed E-state index contributed by atoms with van der Waals surface area (Å²) >= 11 is 0. The zero-order valence-electron chi connectivity index (χ0n) is 26.1. The third-order valence-corrected chi connectivity index (χ3v) is 10.2. The summed E-state index contributed by atoms with van der Waals surface area (Å²) in [5.41, 5.74) is 2.57. The fourth-order valence-electron chi connectivity index (χ4n) is 7.82. The molecule has 0 bridgehead atoms. The van der Waals surface area contributed by atoms with Crippen molar-refractivity contribution < 1.29 is 27.0 Å². The van der Waals surface area contributed by atoms with E-state index in [-0.39, 0.29) is 23.5 Å². The van der Waals surface area contributed by atoms with Gasteiger partial charge in [-0.1, -0.05) is 36.4 Å². The number of hydrogen-bond acceptors (Lipinski definition) is 4. The molecule has 3 aliphatic rings. The number of alkyl halides is 2. The first-order chi connectivity index (χ1) is 21.8. The Balaban J connectivity index is 1.24. The topological polar surface area (TPSA) is 33.7 Å². The molecule has 0 radical (unpaired) electrons. The van der Waals surface area contributed by atoms with Gasteiger partial charge in [0, 0.05) is 23.7 Å². The van der Waals surface area contributed by atoms with E-state index in [1.54, 1.807) is 12.1 Å². The van der Waals surface area contributed by atoms with Crippen molar-refractivity contribution in [3.05, 3.63) is 94.6 Å². The quantitative estimate of drug-likeness (QED) is 0.255. The summed E-state index contributed by atoms with van der Waals surface area (Å²) in [5, 5.41) is 3.51. The number of nitrogens with one attached hydrogen (secondary N) is 1. The molecule has 8 heteroatoms. The van der Waals surface area contributed by atoms with Crippen LogP contribution in [-0.2, 0) is 13.0 Å². The summed E-state index contributed by atoms with van der Waals surface area (Å²) in [6.45, 7) is 3.71. The van der Waals surface area contributed by atoms with Gasteiger partial charge < -0.3 is 14.8 Å². The van der Waals surface area contributed by atoms with Gasteiger partial charge in [0.2, 0.25) is 0 Å². The van der Waals surface area contributed by atoms with Gasteiger partial charge in [-0.3, -0.25) is 4.90 Å². The molecule has 3 unspecified atom stereocenters. The molecular weight excluding hydrogens is 580 g/mol. The van der Waals surface area contributed by atoms with Gasteiger partial charge in [-0.15, -0.1) is 0 Å². The van der Waals surface area contributed by atoms with Crippen molar-refractivity contribution in [1.29, 1.82) is 0 Å². The highest BCUT2D eigenvalue weighted by molar-refractivity contribution is 5.46. The van der Waals surface area contributed by atoms with Gasteiger partial charge in [0.25, 0.3) is 6.43 Å². The van der Waals surface area contributed by atoms with E-state index >= 15 is 8.78 Å². The van der Waals surface area contributed by atoms with E-state index in [9.17, 15) is 8.78 Å². The molecule has 4 atom stereocenters.